The summed E-state index contributed by atoms with van der Waals surface area (Å²) in [4.78, 5) is 14.8. The van der Waals surface area contributed by atoms with Gasteiger partial charge in [0.2, 0.25) is 0 Å². The zero-order chi connectivity index (χ0) is 14.0. The average Bonchev–Trinajstić information content (AvgIpc) is 2.68. The number of hydrogen-bond donors (Lipinski definition) is 2. The molecule has 0 spiro atoms. The maximum Gasteiger partial charge on any atom is 0.407 e. The van der Waals surface area contributed by atoms with Crippen LogP contribution >= 0.6 is 23.6 Å². The number of thiophene rings is 1. The Morgan fingerprint density at radius 1 is 1.58 bits per heavy atom. The number of hydrogen-bond acceptors (Lipinski definition) is 4. The third kappa shape index (κ3) is 3.91. The lowest BCUT2D eigenvalue weighted by Crippen LogP contribution is -2.31. The van der Waals surface area contributed by atoms with Gasteiger partial charge in [-0.3, -0.25) is 0 Å². The molecule has 19 heavy (non-hydrogen) atoms. The zero-order valence-corrected chi connectivity index (χ0v) is 13.0. The average molecular weight is 298 g/mol. The van der Waals surface area contributed by atoms with Crippen molar-refractivity contribution in [1.29, 1.82) is 0 Å². The van der Waals surface area contributed by atoms with E-state index in [0.717, 1.165) is 28.4 Å². The Morgan fingerprint density at radius 3 is 2.95 bits per heavy atom. The molecular formula is C13H18N2O2S2. The van der Waals surface area contributed by atoms with Crippen LogP contribution in [0.2, 0.25) is 0 Å². The SMILES string of the molecule is CC(C)(C)OC(=O)NCc1cc2c(s1)CCNC2=S. The Bertz CT molecular complexity index is 503. The van der Waals surface area contributed by atoms with Crippen LogP contribution in [0.5, 0.6) is 0 Å². The Balaban J connectivity index is 1.94. The molecule has 0 unspecified atom stereocenters. The van der Waals surface area contributed by atoms with Crippen LogP contribution in [0.3, 0.4) is 0 Å². The van der Waals surface area contributed by atoms with Gasteiger partial charge in [0.25, 0.3) is 0 Å². The van der Waals surface area contributed by atoms with Crippen molar-refractivity contribution in [1.82, 2.24) is 10.6 Å². The number of thiocarbonyl (C=S) groups is 1. The molecule has 1 aromatic rings. The number of carbonyl (C=O) groups excluding carboxylic acids is 1. The predicted molar refractivity (Wildman–Crippen MR) is 80.8 cm³/mol. The number of rotatable bonds is 2. The minimum absolute atomic E-state index is 0.389. The second kappa shape index (κ2) is 5.46. The normalized spacial score (nSPS) is 14.6. The molecule has 0 atom stereocenters. The fraction of sp³-hybridized carbons (Fsp3) is 0.538. The van der Waals surface area contributed by atoms with Crippen LogP contribution < -0.4 is 10.6 Å². The third-order valence-electron chi connectivity index (χ3n) is 2.55. The minimum Gasteiger partial charge on any atom is -0.444 e. The Morgan fingerprint density at radius 2 is 2.32 bits per heavy atom. The Hall–Kier alpha value is -1.14. The summed E-state index contributed by atoms with van der Waals surface area (Å²) in [6.07, 6.45) is 0.603. The van der Waals surface area contributed by atoms with Gasteiger partial charge in [0, 0.05) is 21.9 Å². The maximum absolute atomic E-state index is 11.6. The molecule has 2 rings (SSSR count). The fourth-order valence-electron chi connectivity index (χ4n) is 1.81. The third-order valence-corrected chi connectivity index (χ3v) is 4.11. The van der Waals surface area contributed by atoms with Crippen molar-refractivity contribution < 1.29 is 9.53 Å². The van der Waals surface area contributed by atoms with Gasteiger partial charge in [0.1, 0.15) is 10.6 Å². The minimum atomic E-state index is -0.468. The summed E-state index contributed by atoms with van der Waals surface area (Å²) in [6, 6.07) is 2.05. The lowest BCUT2D eigenvalue weighted by atomic mass is 10.1. The second-order valence-electron chi connectivity index (χ2n) is 5.41. The van der Waals surface area contributed by atoms with Gasteiger partial charge in [-0.25, -0.2) is 4.79 Å². The summed E-state index contributed by atoms with van der Waals surface area (Å²) in [5, 5.41) is 5.94. The number of amides is 1. The first-order valence-electron chi connectivity index (χ1n) is 6.22. The van der Waals surface area contributed by atoms with Gasteiger partial charge in [0.15, 0.2) is 0 Å². The van der Waals surface area contributed by atoms with E-state index < -0.39 is 5.60 Å². The summed E-state index contributed by atoms with van der Waals surface area (Å²) in [7, 11) is 0. The molecule has 2 N–H and O–H groups in total. The van der Waals surface area contributed by atoms with Crippen LogP contribution in [-0.4, -0.2) is 23.2 Å². The number of alkyl carbamates (subject to hydrolysis) is 1. The fourth-order valence-corrected chi connectivity index (χ4v) is 3.27. The highest BCUT2D eigenvalue weighted by molar-refractivity contribution is 7.80. The molecular weight excluding hydrogens is 280 g/mol. The summed E-state index contributed by atoms with van der Waals surface area (Å²) in [5.74, 6) is 0. The summed E-state index contributed by atoms with van der Waals surface area (Å²) in [5.41, 5.74) is 0.636. The zero-order valence-electron chi connectivity index (χ0n) is 11.3. The van der Waals surface area contributed by atoms with E-state index in [9.17, 15) is 4.79 Å². The standard InChI is InChI=1S/C13H18N2O2S2/c1-13(2,3)17-12(16)15-7-8-6-9-10(19-8)4-5-14-11(9)18/h6H,4-5,7H2,1-3H3,(H,14,18)(H,15,16). The van der Waals surface area contributed by atoms with Crippen molar-refractivity contribution in [2.45, 2.75) is 39.3 Å². The molecule has 1 aliphatic heterocycles. The molecule has 1 amide bonds. The van der Waals surface area contributed by atoms with Crippen molar-refractivity contribution in [2.75, 3.05) is 6.54 Å². The molecule has 6 heteroatoms. The summed E-state index contributed by atoms with van der Waals surface area (Å²) < 4.78 is 5.20. The van der Waals surface area contributed by atoms with E-state index in [2.05, 4.69) is 10.6 Å². The molecule has 0 aromatic carbocycles. The van der Waals surface area contributed by atoms with Gasteiger partial charge in [-0.05, 0) is 33.3 Å². The van der Waals surface area contributed by atoms with Gasteiger partial charge in [0.05, 0.1) is 6.54 Å². The van der Waals surface area contributed by atoms with E-state index in [0.29, 0.717) is 6.54 Å². The summed E-state index contributed by atoms with van der Waals surface area (Å²) >= 11 is 6.97. The summed E-state index contributed by atoms with van der Waals surface area (Å²) in [6.45, 7) is 6.92. The molecule has 0 saturated carbocycles. The first-order valence-corrected chi connectivity index (χ1v) is 7.44. The number of nitrogens with one attached hydrogen (secondary N) is 2. The van der Waals surface area contributed by atoms with Crippen molar-refractivity contribution in [3.63, 3.8) is 0 Å². The Labute approximate surface area is 122 Å². The quantitative estimate of drug-likeness (QED) is 0.824. The Kier molecular flexibility index (Phi) is 4.10. The number of carbonyl (C=O) groups is 1. The predicted octanol–water partition coefficient (Wildman–Crippen LogP) is 2.59. The molecule has 0 radical (unpaired) electrons. The molecule has 0 bridgehead atoms. The molecule has 0 aliphatic carbocycles. The van der Waals surface area contributed by atoms with E-state index in [1.165, 1.54) is 4.88 Å². The second-order valence-corrected chi connectivity index (χ2v) is 7.04. The molecule has 0 fully saturated rings. The monoisotopic (exact) mass is 298 g/mol. The van der Waals surface area contributed by atoms with Gasteiger partial charge < -0.3 is 15.4 Å². The number of fused-ring (bicyclic) bond motifs is 1. The topological polar surface area (TPSA) is 50.4 Å². The highest BCUT2D eigenvalue weighted by Gasteiger charge is 2.19. The van der Waals surface area contributed by atoms with Gasteiger partial charge in [-0.2, -0.15) is 0 Å². The van der Waals surface area contributed by atoms with E-state index in [4.69, 9.17) is 17.0 Å². The smallest absolute Gasteiger partial charge is 0.407 e. The van der Waals surface area contributed by atoms with Crippen molar-refractivity contribution in [3.8, 4) is 0 Å². The number of ether oxygens (including phenoxy) is 1. The van der Waals surface area contributed by atoms with Crippen LogP contribution in [0.25, 0.3) is 0 Å². The van der Waals surface area contributed by atoms with Crippen LogP contribution in [0.4, 0.5) is 4.79 Å². The highest BCUT2D eigenvalue weighted by atomic mass is 32.1. The molecule has 1 aliphatic rings. The van der Waals surface area contributed by atoms with Crippen LogP contribution in [0.1, 0.15) is 36.1 Å². The lowest BCUT2D eigenvalue weighted by Gasteiger charge is -2.19. The van der Waals surface area contributed by atoms with E-state index >= 15 is 0 Å². The van der Waals surface area contributed by atoms with Crippen molar-refractivity contribution in [2.24, 2.45) is 0 Å². The molecule has 0 saturated heterocycles. The molecule has 2 heterocycles. The highest BCUT2D eigenvalue weighted by Crippen LogP contribution is 2.25. The van der Waals surface area contributed by atoms with Crippen molar-refractivity contribution in [3.05, 3.63) is 21.4 Å². The first-order chi connectivity index (χ1) is 8.85. The van der Waals surface area contributed by atoms with E-state index in [1.54, 1.807) is 11.3 Å². The largest absolute Gasteiger partial charge is 0.444 e. The molecule has 1 aromatic heterocycles. The van der Waals surface area contributed by atoms with Gasteiger partial charge in [-0.1, -0.05) is 12.2 Å². The van der Waals surface area contributed by atoms with Gasteiger partial charge in [-0.15, -0.1) is 11.3 Å². The molecule has 4 nitrogen and oxygen atoms in total. The first kappa shape index (κ1) is 14.3. The van der Waals surface area contributed by atoms with Crippen LogP contribution in [0.15, 0.2) is 6.07 Å². The van der Waals surface area contributed by atoms with E-state index in [-0.39, 0.29) is 6.09 Å². The van der Waals surface area contributed by atoms with Gasteiger partial charge >= 0.3 is 6.09 Å². The van der Waals surface area contributed by atoms with Crippen LogP contribution in [-0.2, 0) is 17.7 Å². The molecule has 104 valence electrons. The maximum atomic E-state index is 11.6. The lowest BCUT2D eigenvalue weighted by molar-refractivity contribution is 0.0524. The van der Waals surface area contributed by atoms with E-state index in [1.807, 2.05) is 26.8 Å². The van der Waals surface area contributed by atoms with Crippen molar-refractivity contribution >= 4 is 34.6 Å². The van der Waals surface area contributed by atoms with Crippen LogP contribution in [0, 0.1) is 0 Å².